The Balaban J connectivity index is 3.09. The van der Waals surface area contributed by atoms with Gasteiger partial charge >= 0.3 is 12.3 Å². The maximum atomic E-state index is 12.2. The number of nitrogens with zero attached hydrogens (tertiary/aromatic N) is 1. The van der Waals surface area contributed by atoms with E-state index < -0.39 is 35.1 Å². The summed E-state index contributed by atoms with van der Waals surface area (Å²) in [6.07, 6.45) is -5.51. The molecule has 0 aliphatic rings. The summed E-state index contributed by atoms with van der Waals surface area (Å²) in [5, 5.41) is 10.6. The zero-order valence-electron chi connectivity index (χ0n) is 10.3. The molecule has 1 aromatic rings. The van der Waals surface area contributed by atoms with Gasteiger partial charge in [0, 0.05) is 17.7 Å². The third kappa shape index (κ3) is 4.75. The number of non-ortho nitro benzene ring substituents is 1. The van der Waals surface area contributed by atoms with Gasteiger partial charge in [0.15, 0.2) is 0 Å². The van der Waals surface area contributed by atoms with Gasteiger partial charge in [-0.3, -0.25) is 14.9 Å². The molecule has 0 aliphatic heterocycles. The fourth-order valence-electron chi connectivity index (χ4n) is 1.41. The van der Waals surface area contributed by atoms with Crippen molar-refractivity contribution in [1.29, 1.82) is 0 Å². The topological polar surface area (TPSA) is 78.7 Å². The van der Waals surface area contributed by atoms with Crippen LogP contribution < -0.4 is 4.74 Å². The van der Waals surface area contributed by atoms with E-state index in [1.165, 1.54) is 6.92 Å². The summed E-state index contributed by atoms with van der Waals surface area (Å²) < 4.78 is 44.9. The molecule has 0 amide bonds. The Kier molecular flexibility index (Phi) is 4.89. The zero-order valence-corrected chi connectivity index (χ0v) is 10.3. The van der Waals surface area contributed by atoms with Gasteiger partial charge in [-0.1, -0.05) is 0 Å². The predicted octanol–water partition coefficient (Wildman–Crippen LogP) is 2.60. The molecule has 0 N–H and O–H groups in total. The number of nitro groups is 1. The molecule has 1 rings (SSSR count). The van der Waals surface area contributed by atoms with Gasteiger partial charge < -0.3 is 9.47 Å². The average molecular weight is 293 g/mol. The Morgan fingerprint density at radius 3 is 2.55 bits per heavy atom. The normalized spacial score (nSPS) is 11.0. The SMILES string of the molecule is CCOC(=O)Cc1cc([N+](=O)[O-])ccc1OC(F)(F)F. The van der Waals surface area contributed by atoms with E-state index in [0.717, 1.165) is 18.2 Å². The fraction of sp³-hybridized carbons (Fsp3) is 0.364. The molecule has 0 bridgehead atoms. The number of carbonyl (C=O) groups excluding carboxylic acids is 1. The summed E-state index contributed by atoms with van der Waals surface area (Å²) in [6.45, 7) is 1.57. The van der Waals surface area contributed by atoms with Gasteiger partial charge in [0.05, 0.1) is 18.0 Å². The van der Waals surface area contributed by atoms with E-state index in [-0.39, 0.29) is 12.2 Å². The van der Waals surface area contributed by atoms with Crippen LogP contribution in [0.3, 0.4) is 0 Å². The number of halogens is 3. The monoisotopic (exact) mass is 293 g/mol. The van der Waals surface area contributed by atoms with Crippen molar-refractivity contribution in [3.8, 4) is 5.75 Å². The standard InChI is InChI=1S/C11H10F3NO5/c1-2-19-10(16)6-7-5-8(15(17)18)3-4-9(7)20-11(12,13)14/h3-5H,2,6H2,1H3. The van der Waals surface area contributed by atoms with Crippen LogP contribution in [0.15, 0.2) is 18.2 Å². The van der Waals surface area contributed by atoms with E-state index in [1.807, 2.05) is 0 Å². The number of nitro benzene ring substituents is 1. The van der Waals surface area contributed by atoms with E-state index in [2.05, 4.69) is 9.47 Å². The van der Waals surface area contributed by atoms with Crippen LogP contribution in [0.2, 0.25) is 0 Å². The minimum absolute atomic E-state index is 0.0449. The summed E-state index contributed by atoms with van der Waals surface area (Å²) in [4.78, 5) is 21.1. The summed E-state index contributed by atoms with van der Waals surface area (Å²) in [7, 11) is 0. The van der Waals surface area contributed by atoms with Crippen LogP contribution in [0.25, 0.3) is 0 Å². The predicted molar refractivity (Wildman–Crippen MR) is 60.1 cm³/mol. The molecule has 0 aliphatic carbocycles. The zero-order chi connectivity index (χ0) is 15.3. The molecule has 0 atom stereocenters. The lowest BCUT2D eigenvalue weighted by Gasteiger charge is -2.12. The second-order valence-corrected chi connectivity index (χ2v) is 3.58. The number of ether oxygens (including phenoxy) is 2. The van der Waals surface area contributed by atoms with E-state index in [1.54, 1.807) is 0 Å². The van der Waals surface area contributed by atoms with Crippen LogP contribution in [-0.2, 0) is 16.0 Å². The Bertz CT molecular complexity index is 515. The van der Waals surface area contributed by atoms with Gasteiger partial charge in [-0.05, 0) is 13.0 Å². The van der Waals surface area contributed by atoms with E-state index in [9.17, 15) is 28.1 Å². The smallest absolute Gasteiger partial charge is 0.466 e. The number of benzene rings is 1. The van der Waals surface area contributed by atoms with Gasteiger partial charge in [-0.15, -0.1) is 13.2 Å². The minimum Gasteiger partial charge on any atom is -0.466 e. The van der Waals surface area contributed by atoms with E-state index in [4.69, 9.17) is 0 Å². The van der Waals surface area contributed by atoms with Crippen molar-refractivity contribution < 1.29 is 32.4 Å². The third-order valence-corrected chi connectivity index (χ3v) is 2.12. The molecule has 110 valence electrons. The number of carbonyl (C=O) groups is 1. The van der Waals surface area contributed by atoms with Gasteiger partial charge in [-0.2, -0.15) is 0 Å². The first kappa shape index (κ1) is 15.7. The van der Waals surface area contributed by atoms with Crippen LogP contribution in [0.4, 0.5) is 18.9 Å². The molecule has 0 saturated heterocycles. The highest BCUT2D eigenvalue weighted by Crippen LogP contribution is 2.29. The lowest BCUT2D eigenvalue weighted by molar-refractivity contribution is -0.385. The highest BCUT2D eigenvalue weighted by atomic mass is 19.4. The van der Waals surface area contributed by atoms with Crippen LogP contribution >= 0.6 is 0 Å². The number of alkyl halides is 3. The largest absolute Gasteiger partial charge is 0.573 e. The quantitative estimate of drug-likeness (QED) is 0.473. The second kappa shape index (κ2) is 6.22. The summed E-state index contributed by atoms with van der Waals surface area (Å²) >= 11 is 0. The van der Waals surface area contributed by atoms with Crippen molar-refractivity contribution in [2.24, 2.45) is 0 Å². The van der Waals surface area contributed by atoms with Gasteiger partial charge in [0.1, 0.15) is 5.75 Å². The van der Waals surface area contributed by atoms with Crippen molar-refractivity contribution in [3.63, 3.8) is 0 Å². The first-order chi connectivity index (χ1) is 9.23. The molecule has 0 fully saturated rings. The highest BCUT2D eigenvalue weighted by Gasteiger charge is 2.32. The van der Waals surface area contributed by atoms with Crippen molar-refractivity contribution in [3.05, 3.63) is 33.9 Å². The van der Waals surface area contributed by atoms with Gasteiger partial charge in [-0.25, -0.2) is 0 Å². The Morgan fingerprint density at radius 2 is 2.05 bits per heavy atom. The fourth-order valence-corrected chi connectivity index (χ4v) is 1.41. The maximum Gasteiger partial charge on any atom is 0.573 e. The maximum absolute atomic E-state index is 12.2. The van der Waals surface area contributed by atoms with Gasteiger partial charge in [0.25, 0.3) is 5.69 Å². The molecule has 0 spiro atoms. The van der Waals surface area contributed by atoms with Crippen LogP contribution in [0, 0.1) is 10.1 Å². The first-order valence-electron chi connectivity index (χ1n) is 5.41. The van der Waals surface area contributed by atoms with E-state index in [0.29, 0.717) is 0 Å². The lowest BCUT2D eigenvalue weighted by Crippen LogP contribution is -2.19. The Labute approximate surface area is 111 Å². The number of hydrogen-bond acceptors (Lipinski definition) is 5. The molecule has 0 saturated carbocycles. The van der Waals surface area contributed by atoms with Crippen molar-refractivity contribution in [2.45, 2.75) is 19.7 Å². The van der Waals surface area contributed by atoms with E-state index >= 15 is 0 Å². The number of esters is 1. The second-order valence-electron chi connectivity index (χ2n) is 3.58. The minimum atomic E-state index is -4.96. The Hall–Kier alpha value is -2.32. The van der Waals surface area contributed by atoms with Crippen molar-refractivity contribution >= 4 is 11.7 Å². The summed E-state index contributed by atoms with van der Waals surface area (Å²) in [6, 6.07) is 2.49. The van der Waals surface area contributed by atoms with Crippen LogP contribution in [0.1, 0.15) is 12.5 Å². The first-order valence-corrected chi connectivity index (χ1v) is 5.41. The number of rotatable bonds is 5. The van der Waals surface area contributed by atoms with Crippen molar-refractivity contribution in [2.75, 3.05) is 6.61 Å². The molecule has 1 aromatic carbocycles. The summed E-state index contributed by atoms with van der Waals surface area (Å²) in [5.74, 6) is -1.48. The highest BCUT2D eigenvalue weighted by molar-refractivity contribution is 5.74. The summed E-state index contributed by atoms with van der Waals surface area (Å²) in [5.41, 5.74) is -0.714. The molecule has 9 heteroatoms. The van der Waals surface area contributed by atoms with Gasteiger partial charge in [0.2, 0.25) is 0 Å². The molecule has 20 heavy (non-hydrogen) atoms. The average Bonchev–Trinajstić information content (AvgIpc) is 2.29. The molecular weight excluding hydrogens is 283 g/mol. The molecule has 0 heterocycles. The van der Waals surface area contributed by atoms with Crippen LogP contribution in [0.5, 0.6) is 5.75 Å². The van der Waals surface area contributed by atoms with Crippen molar-refractivity contribution in [1.82, 2.24) is 0 Å². The van der Waals surface area contributed by atoms with Crippen LogP contribution in [-0.4, -0.2) is 23.9 Å². The third-order valence-electron chi connectivity index (χ3n) is 2.12. The Morgan fingerprint density at radius 1 is 1.40 bits per heavy atom. The molecule has 0 aromatic heterocycles. The lowest BCUT2D eigenvalue weighted by atomic mass is 10.1. The molecule has 0 unspecified atom stereocenters. The molecule has 6 nitrogen and oxygen atoms in total. The number of hydrogen-bond donors (Lipinski definition) is 0. The molecule has 0 radical (unpaired) electrons. The molecular formula is C11H10F3NO5.